The summed E-state index contributed by atoms with van der Waals surface area (Å²) in [5.74, 6) is 0.725. The van der Waals surface area contributed by atoms with Crippen molar-refractivity contribution in [3.63, 3.8) is 0 Å². The summed E-state index contributed by atoms with van der Waals surface area (Å²) in [6.07, 6.45) is 0. The van der Waals surface area contributed by atoms with E-state index in [1.807, 2.05) is 25.1 Å². The minimum absolute atomic E-state index is 0. The Labute approximate surface area is 121 Å². The number of amides is 1. The molecule has 1 amide bonds. The Morgan fingerprint density at radius 1 is 1.47 bits per heavy atom. The quantitative estimate of drug-likeness (QED) is 0.889. The van der Waals surface area contributed by atoms with Crippen molar-refractivity contribution >= 4 is 45.0 Å². The first-order chi connectivity index (χ1) is 8.72. The second-order valence-corrected chi connectivity index (χ2v) is 4.69. The summed E-state index contributed by atoms with van der Waals surface area (Å²) in [5.41, 5.74) is 0.864. The molecule has 19 heavy (non-hydrogen) atoms. The Morgan fingerprint density at radius 3 is 2.95 bits per heavy atom. The number of hydrogen-bond donors (Lipinski definition) is 2. The molecule has 0 atom stereocenters. The van der Waals surface area contributed by atoms with Crippen molar-refractivity contribution in [2.75, 3.05) is 25.5 Å². The standard InChI is InChI=1S/C12H15N3O2S.ClH/c1-3-17-8-4-5-9-10(6-8)18-12(14-9)15-11(16)7-13-2;/h4-6,13H,3,7H2,1-2H3,(H,14,15,16);1H. The van der Waals surface area contributed by atoms with E-state index < -0.39 is 0 Å². The first kappa shape index (κ1) is 15.7. The molecule has 1 aromatic heterocycles. The number of ether oxygens (including phenoxy) is 1. The highest BCUT2D eigenvalue weighted by Gasteiger charge is 2.07. The van der Waals surface area contributed by atoms with Gasteiger partial charge in [-0.3, -0.25) is 4.79 Å². The normalized spacial score (nSPS) is 10.0. The fraction of sp³-hybridized carbons (Fsp3) is 0.333. The van der Waals surface area contributed by atoms with Crippen LogP contribution in [0, 0.1) is 0 Å². The van der Waals surface area contributed by atoms with Gasteiger partial charge in [-0.15, -0.1) is 12.4 Å². The molecule has 0 aliphatic carbocycles. The first-order valence-electron chi connectivity index (χ1n) is 5.70. The third-order valence-corrected chi connectivity index (χ3v) is 3.19. The van der Waals surface area contributed by atoms with Gasteiger partial charge in [-0.2, -0.15) is 0 Å². The number of anilines is 1. The maximum Gasteiger partial charge on any atom is 0.240 e. The van der Waals surface area contributed by atoms with Crippen molar-refractivity contribution < 1.29 is 9.53 Å². The highest BCUT2D eigenvalue weighted by atomic mass is 35.5. The molecular formula is C12H16ClN3O2S. The van der Waals surface area contributed by atoms with Crippen LogP contribution in [0.25, 0.3) is 10.2 Å². The molecule has 5 nitrogen and oxygen atoms in total. The molecule has 104 valence electrons. The van der Waals surface area contributed by atoms with Gasteiger partial charge in [0.25, 0.3) is 0 Å². The number of likely N-dealkylation sites (N-methyl/N-ethyl adjacent to an activating group) is 1. The lowest BCUT2D eigenvalue weighted by Crippen LogP contribution is -2.24. The minimum atomic E-state index is -0.0958. The van der Waals surface area contributed by atoms with Gasteiger partial charge < -0.3 is 15.4 Å². The van der Waals surface area contributed by atoms with Crippen LogP contribution in [-0.2, 0) is 4.79 Å². The van der Waals surface area contributed by atoms with Crippen molar-refractivity contribution in [3.05, 3.63) is 18.2 Å². The number of fused-ring (bicyclic) bond motifs is 1. The van der Waals surface area contributed by atoms with Gasteiger partial charge in [0.2, 0.25) is 5.91 Å². The van der Waals surface area contributed by atoms with E-state index in [1.165, 1.54) is 11.3 Å². The van der Waals surface area contributed by atoms with Gasteiger partial charge in [-0.1, -0.05) is 11.3 Å². The molecule has 0 aliphatic heterocycles. The van der Waals surface area contributed by atoms with Gasteiger partial charge in [0.15, 0.2) is 5.13 Å². The highest BCUT2D eigenvalue weighted by Crippen LogP contribution is 2.29. The highest BCUT2D eigenvalue weighted by molar-refractivity contribution is 7.22. The number of hydrogen-bond acceptors (Lipinski definition) is 5. The van der Waals surface area contributed by atoms with Crippen LogP contribution < -0.4 is 15.4 Å². The zero-order chi connectivity index (χ0) is 13.0. The monoisotopic (exact) mass is 301 g/mol. The predicted octanol–water partition coefficient (Wildman–Crippen LogP) is 2.27. The van der Waals surface area contributed by atoms with Crippen LogP contribution in [0.1, 0.15) is 6.92 Å². The fourth-order valence-electron chi connectivity index (χ4n) is 1.54. The lowest BCUT2D eigenvalue weighted by atomic mass is 10.3. The summed E-state index contributed by atoms with van der Waals surface area (Å²) in [6.45, 7) is 2.86. The Morgan fingerprint density at radius 2 is 2.26 bits per heavy atom. The van der Waals surface area contributed by atoms with Gasteiger partial charge >= 0.3 is 0 Å². The van der Waals surface area contributed by atoms with Crippen LogP contribution in [0.15, 0.2) is 18.2 Å². The Hall–Kier alpha value is -1.37. The number of carbonyl (C=O) groups is 1. The SMILES string of the molecule is CCOc1ccc2nc(NC(=O)CNC)sc2c1.Cl. The van der Waals surface area contributed by atoms with Gasteiger partial charge in [0, 0.05) is 0 Å². The van der Waals surface area contributed by atoms with E-state index in [9.17, 15) is 4.79 Å². The van der Waals surface area contributed by atoms with E-state index in [0.29, 0.717) is 11.7 Å². The number of rotatable bonds is 5. The van der Waals surface area contributed by atoms with Gasteiger partial charge in [0.1, 0.15) is 5.75 Å². The molecule has 2 rings (SSSR count). The molecule has 0 spiro atoms. The average Bonchev–Trinajstić information content (AvgIpc) is 2.71. The summed E-state index contributed by atoms with van der Waals surface area (Å²) in [4.78, 5) is 15.8. The Kier molecular flexibility index (Phi) is 6.01. The summed E-state index contributed by atoms with van der Waals surface area (Å²) in [5, 5.41) is 6.15. The predicted molar refractivity (Wildman–Crippen MR) is 80.6 cm³/mol. The summed E-state index contributed by atoms with van der Waals surface area (Å²) < 4.78 is 6.43. The van der Waals surface area contributed by atoms with E-state index in [-0.39, 0.29) is 24.9 Å². The van der Waals surface area contributed by atoms with Crippen LogP contribution in [0.4, 0.5) is 5.13 Å². The molecule has 0 fully saturated rings. The lowest BCUT2D eigenvalue weighted by molar-refractivity contribution is -0.115. The number of carbonyl (C=O) groups excluding carboxylic acids is 1. The summed E-state index contributed by atoms with van der Waals surface area (Å²) >= 11 is 1.44. The van der Waals surface area contributed by atoms with Crippen LogP contribution in [0.2, 0.25) is 0 Å². The third-order valence-electron chi connectivity index (χ3n) is 2.25. The maximum absolute atomic E-state index is 11.4. The number of thiazole rings is 1. The van der Waals surface area contributed by atoms with Crippen molar-refractivity contribution in [2.45, 2.75) is 6.92 Å². The summed E-state index contributed by atoms with van der Waals surface area (Å²) in [7, 11) is 1.73. The average molecular weight is 302 g/mol. The van der Waals surface area contributed by atoms with Crippen molar-refractivity contribution in [1.29, 1.82) is 0 Å². The second kappa shape index (κ2) is 7.28. The molecule has 0 aliphatic rings. The molecule has 0 unspecified atom stereocenters. The number of halogens is 1. The second-order valence-electron chi connectivity index (χ2n) is 3.66. The smallest absolute Gasteiger partial charge is 0.240 e. The molecule has 7 heteroatoms. The molecule has 1 heterocycles. The topological polar surface area (TPSA) is 63.2 Å². The zero-order valence-electron chi connectivity index (χ0n) is 10.7. The summed E-state index contributed by atoms with van der Waals surface area (Å²) in [6, 6.07) is 5.71. The molecule has 0 saturated carbocycles. The van der Waals surface area contributed by atoms with Crippen molar-refractivity contribution in [1.82, 2.24) is 10.3 Å². The molecule has 1 aromatic carbocycles. The molecular weight excluding hydrogens is 286 g/mol. The molecule has 0 radical (unpaired) electrons. The fourth-order valence-corrected chi connectivity index (χ4v) is 2.45. The number of benzene rings is 1. The van der Waals surface area contributed by atoms with Crippen molar-refractivity contribution in [3.8, 4) is 5.75 Å². The van der Waals surface area contributed by atoms with Crippen LogP contribution in [0.5, 0.6) is 5.75 Å². The molecule has 0 bridgehead atoms. The van der Waals surface area contributed by atoms with E-state index in [2.05, 4.69) is 15.6 Å². The van der Waals surface area contributed by atoms with E-state index in [4.69, 9.17) is 4.74 Å². The molecule has 2 N–H and O–H groups in total. The number of nitrogens with one attached hydrogen (secondary N) is 2. The minimum Gasteiger partial charge on any atom is -0.494 e. The van der Waals surface area contributed by atoms with Gasteiger partial charge in [0.05, 0.1) is 23.4 Å². The maximum atomic E-state index is 11.4. The number of aromatic nitrogens is 1. The Balaban J connectivity index is 0.00000180. The first-order valence-corrected chi connectivity index (χ1v) is 6.52. The molecule has 2 aromatic rings. The molecule has 0 saturated heterocycles. The van der Waals surface area contributed by atoms with Gasteiger partial charge in [-0.25, -0.2) is 4.98 Å². The number of nitrogens with zero attached hydrogens (tertiary/aromatic N) is 1. The van der Waals surface area contributed by atoms with E-state index in [1.54, 1.807) is 7.05 Å². The van der Waals surface area contributed by atoms with E-state index >= 15 is 0 Å². The largest absolute Gasteiger partial charge is 0.494 e. The van der Waals surface area contributed by atoms with Crippen molar-refractivity contribution in [2.24, 2.45) is 0 Å². The third kappa shape index (κ3) is 4.05. The lowest BCUT2D eigenvalue weighted by Gasteiger charge is -2.00. The zero-order valence-corrected chi connectivity index (χ0v) is 12.4. The Bertz CT molecular complexity index is 559. The van der Waals surface area contributed by atoms with Crippen LogP contribution >= 0.6 is 23.7 Å². The van der Waals surface area contributed by atoms with Gasteiger partial charge in [-0.05, 0) is 32.2 Å². The van der Waals surface area contributed by atoms with E-state index in [0.717, 1.165) is 16.0 Å². The van der Waals surface area contributed by atoms with Crippen LogP contribution in [0.3, 0.4) is 0 Å². The van der Waals surface area contributed by atoms with Crippen LogP contribution in [-0.4, -0.2) is 31.1 Å².